The largest absolute Gasteiger partial charge is 0.473 e. The van der Waals surface area contributed by atoms with Crippen LogP contribution in [0.3, 0.4) is 0 Å². The summed E-state index contributed by atoms with van der Waals surface area (Å²) in [5, 5.41) is 0.224. The topological polar surface area (TPSA) is 90.4 Å². The lowest BCUT2D eigenvalue weighted by Crippen LogP contribution is -2.58. The van der Waals surface area contributed by atoms with Gasteiger partial charge in [-0.3, -0.25) is 9.37 Å². The summed E-state index contributed by atoms with van der Waals surface area (Å²) in [6.07, 6.45) is 0.285. The van der Waals surface area contributed by atoms with E-state index < -0.39 is 31.9 Å². The third-order valence-corrected chi connectivity index (χ3v) is 11.5. The minimum absolute atomic E-state index is 0.0662. The SMILES string of the molecule is CC(C)(C)OC(=O)N1CCN(c2nc(OCc3ccc(Cl)cc3F)ccc2C=O)C(COO[Si](C)(C)C(C)(C)C)C1. The summed E-state index contributed by atoms with van der Waals surface area (Å²) in [6.45, 7) is 16.9. The minimum Gasteiger partial charge on any atom is -0.473 e. The average Bonchev–Trinajstić information content (AvgIpc) is 2.86. The van der Waals surface area contributed by atoms with Crippen LogP contribution in [0.15, 0.2) is 30.3 Å². The number of carbonyl (C=O) groups is 2. The van der Waals surface area contributed by atoms with Crippen molar-refractivity contribution in [2.45, 2.75) is 77.9 Å². The van der Waals surface area contributed by atoms with E-state index in [1.807, 2.05) is 25.7 Å². The second-order valence-corrected chi connectivity index (χ2v) is 17.7. The zero-order chi connectivity index (χ0) is 30.6. The van der Waals surface area contributed by atoms with Crippen LogP contribution in [0.1, 0.15) is 57.5 Å². The van der Waals surface area contributed by atoms with E-state index in [9.17, 15) is 14.0 Å². The molecule has 1 fully saturated rings. The van der Waals surface area contributed by atoms with Gasteiger partial charge in [-0.05, 0) is 57.1 Å². The van der Waals surface area contributed by atoms with E-state index in [1.54, 1.807) is 29.2 Å². The molecule has 3 rings (SSSR count). The normalized spacial score (nSPS) is 16.5. The van der Waals surface area contributed by atoms with Crippen molar-refractivity contribution < 1.29 is 32.9 Å². The summed E-state index contributed by atoms with van der Waals surface area (Å²) in [7, 11) is -2.22. The number of carbonyl (C=O) groups excluding carboxylic acids is 2. The van der Waals surface area contributed by atoms with E-state index in [2.05, 4.69) is 38.8 Å². The van der Waals surface area contributed by atoms with E-state index in [0.717, 1.165) is 6.29 Å². The van der Waals surface area contributed by atoms with Crippen LogP contribution in [0.2, 0.25) is 23.2 Å². The molecule has 1 aromatic heterocycles. The number of ether oxygens (including phenoxy) is 2. The first-order valence-corrected chi connectivity index (χ1v) is 16.9. The Morgan fingerprint density at radius 2 is 1.85 bits per heavy atom. The third-order valence-electron chi connectivity index (χ3n) is 7.14. The van der Waals surface area contributed by atoms with E-state index in [-0.39, 0.29) is 30.7 Å². The lowest BCUT2D eigenvalue weighted by atomic mass is 10.1. The van der Waals surface area contributed by atoms with Crippen LogP contribution in [-0.4, -0.2) is 68.5 Å². The van der Waals surface area contributed by atoms with Crippen molar-refractivity contribution >= 4 is 38.1 Å². The summed E-state index contributed by atoms with van der Waals surface area (Å²) >= 11 is 5.85. The highest BCUT2D eigenvalue weighted by molar-refractivity contribution is 6.73. The Bertz CT molecular complexity index is 1230. The molecule has 0 radical (unpaired) electrons. The highest BCUT2D eigenvalue weighted by Gasteiger charge is 2.40. The highest BCUT2D eigenvalue weighted by Crippen LogP contribution is 2.37. The van der Waals surface area contributed by atoms with Crippen molar-refractivity contribution in [1.82, 2.24) is 9.88 Å². The summed E-state index contributed by atoms with van der Waals surface area (Å²) < 4.78 is 31.6. The number of nitrogens with zero attached hydrogens (tertiary/aromatic N) is 3. The first-order valence-electron chi connectivity index (χ1n) is 13.6. The van der Waals surface area contributed by atoms with Gasteiger partial charge in [0.1, 0.15) is 30.4 Å². The number of benzene rings is 1. The summed E-state index contributed by atoms with van der Waals surface area (Å²) in [5.41, 5.74) is 0.0148. The summed E-state index contributed by atoms with van der Waals surface area (Å²) in [6, 6.07) is 7.10. The lowest BCUT2D eigenvalue weighted by molar-refractivity contribution is -0.225. The average molecular weight is 610 g/mol. The molecule has 1 atom stereocenters. The third kappa shape index (κ3) is 8.88. The Kier molecular flexibility index (Phi) is 10.4. The van der Waals surface area contributed by atoms with Gasteiger partial charge in [0.2, 0.25) is 14.2 Å². The van der Waals surface area contributed by atoms with Gasteiger partial charge in [0.25, 0.3) is 0 Å². The van der Waals surface area contributed by atoms with Crippen LogP contribution < -0.4 is 9.64 Å². The molecule has 0 spiro atoms. The van der Waals surface area contributed by atoms with E-state index in [1.165, 1.54) is 6.07 Å². The first kappa shape index (κ1) is 32.8. The summed E-state index contributed by atoms with van der Waals surface area (Å²) in [4.78, 5) is 38.9. The Morgan fingerprint density at radius 3 is 2.46 bits per heavy atom. The molecule has 1 aromatic carbocycles. The van der Waals surface area contributed by atoms with Gasteiger partial charge in [0, 0.05) is 36.3 Å². The zero-order valence-electron chi connectivity index (χ0n) is 25.1. The molecule has 1 aliphatic rings. The number of halogens is 2. The van der Waals surface area contributed by atoms with Gasteiger partial charge in [-0.15, -0.1) is 0 Å². The van der Waals surface area contributed by atoms with Gasteiger partial charge in [-0.1, -0.05) is 38.4 Å². The van der Waals surface area contributed by atoms with Crippen LogP contribution in [0.5, 0.6) is 5.88 Å². The maximum absolute atomic E-state index is 14.3. The van der Waals surface area contributed by atoms with Crippen LogP contribution in [-0.2, 0) is 20.8 Å². The first-order chi connectivity index (χ1) is 19.0. The van der Waals surface area contributed by atoms with Gasteiger partial charge < -0.3 is 19.3 Å². The Hall–Kier alpha value is -2.73. The smallest absolute Gasteiger partial charge is 0.410 e. The molecule has 9 nitrogen and oxygen atoms in total. The molecule has 226 valence electrons. The molecule has 0 aliphatic carbocycles. The van der Waals surface area contributed by atoms with Crippen LogP contribution in [0, 0.1) is 5.82 Å². The molecule has 1 unspecified atom stereocenters. The number of rotatable bonds is 9. The Labute approximate surface area is 247 Å². The second kappa shape index (κ2) is 13.1. The number of aromatic nitrogens is 1. The molecule has 1 amide bonds. The molecule has 12 heteroatoms. The van der Waals surface area contributed by atoms with Crippen molar-refractivity contribution in [3.05, 3.63) is 52.3 Å². The fourth-order valence-electron chi connectivity index (χ4n) is 3.79. The number of piperazine rings is 1. The Morgan fingerprint density at radius 1 is 1.15 bits per heavy atom. The highest BCUT2D eigenvalue weighted by atomic mass is 35.5. The van der Waals surface area contributed by atoms with Gasteiger partial charge in [-0.25, -0.2) is 14.1 Å². The summed E-state index contributed by atoms with van der Waals surface area (Å²) in [5.74, 6) is 0.102. The van der Waals surface area contributed by atoms with Gasteiger partial charge in [0.15, 0.2) is 6.29 Å². The van der Waals surface area contributed by atoms with E-state index in [4.69, 9.17) is 30.5 Å². The van der Waals surface area contributed by atoms with E-state index >= 15 is 0 Å². The molecule has 2 heterocycles. The van der Waals surface area contributed by atoms with Gasteiger partial charge >= 0.3 is 6.09 Å². The van der Waals surface area contributed by atoms with Gasteiger partial charge in [0.05, 0.1) is 11.6 Å². The van der Waals surface area contributed by atoms with Crippen LogP contribution >= 0.6 is 11.6 Å². The molecule has 0 N–H and O–H groups in total. The van der Waals surface area contributed by atoms with Crippen molar-refractivity contribution in [2.24, 2.45) is 0 Å². The standard InChI is InChI=1S/C29H41ClFN3O6Si/c1-28(2,3)39-27(36)33-13-14-34(23(16-33)19-38-40-41(7,8)29(4,5)6)26-20(17-35)10-12-25(32-26)37-18-21-9-11-22(30)15-24(21)31/h9-12,15,17,23H,13-14,16,18-19H2,1-8H3. The van der Waals surface area contributed by atoms with Crippen LogP contribution in [0.4, 0.5) is 15.0 Å². The fourth-order valence-corrected chi connectivity index (χ4v) is 4.56. The van der Waals surface area contributed by atoms with Gasteiger partial charge in [-0.2, -0.15) is 4.98 Å². The number of hydrogen-bond donors (Lipinski definition) is 0. The fraction of sp³-hybridized carbons (Fsp3) is 0.552. The number of anilines is 1. The van der Waals surface area contributed by atoms with E-state index in [0.29, 0.717) is 35.1 Å². The van der Waals surface area contributed by atoms with Crippen molar-refractivity contribution in [2.75, 3.05) is 31.1 Å². The predicted octanol–water partition coefficient (Wildman–Crippen LogP) is 6.64. The monoisotopic (exact) mass is 609 g/mol. The number of pyridine rings is 1. The predicted molar refractivity (Wildman–Crippen MR) is 159 cm³/mol. The maximum Gasteiger partial charge on any atom is 0.410 e. The van der Waals surface area contributed by atoms with Crippen molar-refractivity contribution in [3.63, 3.8) is 0 Å². The quantitative estimate of drug-likeness (QED) is 0.135. The van der Waals surface area contributed by atoms with Crippen LogP contribution in [0.25, 0.3) is 0 Å². The molecular weight excluding hydrogens is 569 g/mol. The molecule has 1 aliphatic heterocycles. The van der Waals surface area contributed by atoms with Crippen molar-refractivity contribution in [1.29, 1.82) is 0 Å². The number of hydrogen-bond acceptors (Lipinski definition) is 8. The van der Waals surface area contributed by atoms with Crippen molar-refractivity contribution in [3.8, 4) is 5.88 Å². The Balaban J connectivity index is 1.85. The zero-order valence-corrected chi connectivity index (χ0v) is 26.9. The minimum atomic E-state index is -2.22. The molecule has 0 saturated carbocycles. The molecular formula is C29H41ClFN3O6Si. The molecule has 2 aromatic rings. The molecule has 1 saturated heterocycles. The maximum atomic E-state index is 14.3. The second-order valence-electron chi connectivity index (χ2n) is 12.6. The number of aldehydes is 1. The number of amides is 1. The molecule has 41 heavy (non-hydrogen) atoms. The lowest BCUT2D eigenvalue weighted by Gasteiger charge is -2.43. The molecule has 0 bridgehead atoms.